The van der Waals surface area contributed by atoms with Crippen molar-refractivity contribution in [1.82, 2.24) is 9.21 Å². The number of para-hydroxylation sites is 1. The first kappa shape index (κ1) is 24.7. The molecule has 0 N–H and O–H groups in total. The Bertz CT molecular complexity index is 1080. The number of nitrogens with zero attached hydrogens (tertiary/aromatic N) is 2. The van der Waals surface area contributed by atoms with Crippen molar-refractivity contribution in [2.24, 2.45) is 0 Å². The van der Waals surface area contributed by atoms with E-state index in [0.29, 0.717) is 31.8 Å². The number of benzene rings is 2. The van der Waals surface area contributed by atoms with E-state index in [0.717, 1.165) is 43.4 Å². The summed E-state index contributed by atoms with van der Waals surface area (Å²) in [5, 5.41) is 0. The van der Waals surface area contributed by atoms with Gasteiger partial charge in [0.25, 0.3) is 5.91 Å². The van der Waals surface area contributed by atoms with Crippen molar-refractivity contribution in [3.05, 3.63) is 59.7 Å². The lowest BCUT2D eigenvalue weighted by atomic mass is 10.1. The van der Waals surface area contributed by atoms with Gasteiger partial charge in [-0.1, -0.05) is 24.6 Å². The van der Waals surface area contributed by atoms with Crippen LogP contribution >= 0.6 is 0 Å². The number of sulfonamides is 1. The van der Waals surface area contributed by atoms with Gasteiger partial charge in [-0.3, -0.25) is 4.79 Å². The van der Waals surface area contributed by atoms with Crippen LogP contribution in [0.1, 0.15) is 54.9 Å². The van der Waals surface area contributed by atoms with Crippen LogP contribution in [0.15, 0.2) is 53.4 Å². The molecule has 2 heterocycles. The van der Waals surface area contributed by atoms with Crippen molar-refractivity contribution in [3.63, 3.8) is 0 Å². The molecule has 2 aromatic rings. The van der Waals surface area contributed by atoms with Gasteiger partial charge in [0.15, 0.2) is 0 Å². The molecule has 2 fully saturated rings. The molecular weight excluding hydrogens is 452 g/mol. The Labute approximate surface area is 202 Å². The molecule has 0 aromatic heterocycles. The minimum absolute atomic E-state index is 0.00102. The highest BCUT2D eigenvalue weighted by Gasteiger charge is 2.31. The molecule has 0 bridgehead atoms. The third kappa shape index (κ3) is 5.45. The van der Waals surface area contributed by atoms with Crippen LogP contribution in [0.2, 0.25) is 0 Å². The SMILES string of the molecule is COc1ccccc1CN(CC1CCCO1)C(=O)c1ccc(S(=O)(=O)N2CCCCC2C)cc1. The average molecular weight is 487 g/mol. The summed E-state index contributed by atoms with van der Waals surface area (Å²) >= 11 is 0. The molecule has 1 amide bonds. The van der Waals surface area contributed by atoms with Gasteiger partial charge in [-0.25, -0.2) is 8.42 Å². The van der Waals surface area contributed by atoms with Crippen LogP contribution in [-0.4, -0.2) is 62.5 Å². The molecule has 4 rings (SSSR count). The van der Waals surface area contributed by atoms with Gasteiger partial charge in [-0.15, -0.1) is 0 Å². The number of hydrogen-bond acceptors (Lipinski definition) is 5. The lowest BCUT2D eigenvalue weighted by Crippen LogP contribution is -2.41. The van der Waals surface area contributed by atoms with Gasteiger partial charge in [0.1, 0.15) is 5.75 Å². The number of carbonyl (C=O) groups is 1. The summed E-state index contributed by atoms with van der Waals surface area (Å²) in [6.07, 6.45) is 4.70. The van der Waals surface area contributed by atoms with Crippen LogP contribution in [0.5, 0.6) is 5.75 Å². The van der Waals surface area contributed by atoms with E-state index in [2.05, 4.69) is 0 Å². The number of ether oxygens (including phenoxy) is 2. The van der Waals surface area contributed by atoms with Gasteiger partial charge in [-0.05, 0) is 62.9 Å². The van der Waals surface area contributed by atoms with E-state index in [1.807, 2.05) is 31.2 Å². The van der Waals surface area contributed by atoms with Crippen LogP contribution in [0.4, 0.5) is 0 Å². The second-order valence-electron chi connectivity index (χ2n) is 9.12. The van der Waals surface area contributed by atoms with Crippen molar-refractivity contribution in [2.45, 2.75) is 62.6 Å². The number of amides is 1. The zero-order valence-corrected chi connectivity index (χ0v) is 20.8. The molecule has 2 saturated heterocycles. The molecule has 2 aromatic carbocycles. The smallest absolute Gasteiger partial charge is 0.254 e. The van der Waals surface area contributed by atoms with E-state index < -0.39 is 10.0 Å². The van der Waals surface area contributed by atoms with E-state index in [-0.39, 0.29) is 22.9 Å². The second kappa shape index (κ2) is 10.9. The van der Waals surface area contributed by atoms with Gasteiger partial charge >= 0.3 is 0 Å². The van der Waals surface area contributed by atoms with E-state index in [1.54, 1.807) is 40.6 Å². The highest BCUT2D eigenvalue weighted by Crippen LogP contribution is 2.26. The molecule has 7 nitrogen and oxygen atoms in total. The summed E-state index contributed by atoms with van der Waals surface area (Å²) in [7, 11) is -1.96. The average Bonchev–Trinajstić information content (AvgIpc) is 3.37. The fourth-order valence-electron chi connectivity index (χ4n) is 4.81. The van der Waals surface area contributed by atoms with Crippen molar-refractivity contribution in [2.75, 3.05) is 26.8 Å². The van der Waals surface area contributed by atoms with Gasteiger partial charge in [-0.2, -0.15) is 4.31 Å². The fraction of sp³-hybridized carbons (Fsp3) is 0.500. The normalized spacial score (nSPS) is 21.4. The van der Waals surface area contributed by atoms with E-state index in [9.17, 15) is 13.2 Å². The fourth-order valence-corrected chi connectivity index (χ4v) is 6.51. The van der Waals surface area contributed by atoms with Gasteiger partial charge in [0, 0.05) is 43.4 Å². The molecule has 2 aliphatic heterocycles. The predicted octanol–water partition coefficient (Wildman–Crippen LogP) is 4.08. The maximum absolute atomic E-state index is 13.5. The van der Waals surface area contributed by atoms with Crippen molar-refractivity contribution in [1.29, 1.82) is 0 Å². The quantitative estimate of drug-likeness (QED) is 0.562. The Morgan fingerprint density at radius 3 is 2.53 bits per heavy atom. The molecule has 0 saturated carbocycles. The van der Waals surface area contributed by atoms with Gasteiger partial charge in [0.05, 0.1) is 18.1 Å². The van der Waals surface area contributed by atoms with Crippen molar-refractivity contribution in [3.8, 4) is 5.75 Å². The second-order valence-corrected chi connectivity index (χ2v) is 11.0. The van der Waals surface area contributed by atoms with Crippen LogP contribution in [0, 0.1) is 0 Å². The van der Waals surface area contributed by atoms with Gasteiger partial charge in [0.2, 0.25) is 10.0 Å². The summed E-state index contributed by atoms with van der Waals surface area (Å²) in [5.74, 6) is 0.571. The highest BCUT2D eigenvalue weighted by molar-refractivity contribution is 7.89. The molecule has 0 aliphatic carbocycles. The third-order valence-electron chi connectivity index (χ3n) is 6.74. The molecule has 184 valence electrons. The molecule has 2 aliphatic rings. The first-order chi connectivity index (χ1) is 16.4. The Kier molecular flexibility index (Phi) is 7.91. The zero-order chi connectivity index (χ0) is 24.1. The van der Waals surface area contributed by atoms with Crippen LogP contribution < -0.4 is 4.74 Å². The summed E-state index contributed by atoms with van der Waals surface area (Å²) in [6, 6.07) is 14.0. The first-order valence-electron chi connectivity index (χ1n) is 12.0. The lowest BCUT2D eigenvalue weighted by molar-refractivity contribution is 0.0505. The Balaban J connectivity index is 1.55. The van der Waals surface area contributed by atoms with E-state index in [1.165, 1.54) is 0 Å². The summed E-state index contributed by atoms with van der Waals surface area (Å²) < 4.78 is 39.2. The Morgan fingerprint density at radius 2 is 1.85 bits per heavy atom. The number of methoxy groups -OCH3 is 1. The van der Waals surface area contributed by atoms with Crippen LogP contribution in [0.25, 0.3) is 0 Å². The van der Waals surface area contributed by atoms with Crippen molar-refractivity contribution >= 4 is 15.9 Å². The van der Waals surface area contributed by atoms with Crippen molar-refractivity contribution < 1.29 is 22.7 Å². The zero-order valence-electron chi connectivity index (χ0n) is 20.0. The molecule has 2 atom stereocenters. The molecule has 8 heteroatoms. The van der Waals surface area contributed by atoms with Gasteiger partial charge < -0.3 is 14.4 Å². The molecule has 2 unspecified atom stereocenters. The number of carbonyl (C=O) groups excluding carboxylic acids is 1. The number of rotatable bonds is 8. The van der Waals surface area contributed by atoms with E-state index >= 15 is 0 Å². The van der Waals surface area contributed by atoms with Crippen LogP contribution in [0.3, 0.4) is 0 Å². The Morgan fingerprint density at radius 1 is 1.09 bits per heavy atom. The minimum atomic E-state index is -3.58. The topological polar surface area (TPSA) is 76.1 Å². The molecular formula is C26H34N2O5S. The van der Waals surface area contributed by atoms with Crippen LogP contribution in [-0.2, 0) is 21.3 Å². The maximum Gasteiger partial charge on any atom is 0.254 e. The monoisotopic (exact) mass is 486 g/mol. The van der Waals surface area contributed by atoms with E-state index in [4.69, 9.17) is 9.47 Å². The summed E-state index contributed by atoms with van der Waals surface area (Å²) in [4.78, 5) is 15.5. The third-order valence-corrected chi connectivity index (χ3v) is 8.77. The molecule has 34 heavy (non-hydrogen) atoms. The largest absolute Gasteiger partial charge is 0.496 e. The summed E-state index contributed by atoms with van der Waals surface area (Å²) in [5.41, 5.74) is 1.37. The highest BCUT2D eigenvalue weighted by atomic mass is 32.2. The first-order valence-corrected chi connectivity index (χ1v) is 13.5. The Hall–Kier alpha value is -2.42. The minimum Gasteiger partial charge on any atom is -0.496 e. The standard InChI is InChI=1S/C26H34N2O5S/c1-20-8-5-6-16-28(20)34(30,31)24-14-12-21(13-15-24)26(29)27(19-23-10-7-17-33-23)18-22-9-3-4-11-25(22)32-2/h3-4,9,11-15,20,23H,5-8,10,16-19H2,1-2H3. The molecule has 0 radical (unpaired) electrons. The lowest BCUT2D eigenvalue weighted by Gasteiger charge is -2.32. The molecule has 0 spiro atoms. The summed E-state index contributed by atoms with van der Waals surface area (Å²) in [6.45, 7) is 4.06. The number of piperidine rings is 1. The number of hydrogen-bond donors (Lipinski definition) is 0. The maximum atomic E-state index is 13.5. The predicted molar refractivity (Wildman–Crippen MR) is 130 cm³/mol.